The maximum Gasteiger partial charge on any atom is 0.113 e. The summed E-state index contributed by atoms with van der Waals surface area (Å²) in [5.74, 6) is 6.02. The summed E-state index contributed by atoms with van der Waals surface area (Å²) in [7, 11) is 0. The topological polar surface area (TPSA) is 12.9 Å². The van der Waals surface area contributed by atoms with Crippen molar-refractivity contribution < 1.29 is 0 Å². The Balaban J connectivity index is 2.59. The first kappa shape index (κ1) is 7.81. The quantitative estimate of drug-likeness (QED) is 0.552. The Morgan fingerprint density at radius 3 is 3.00 bits per heavy atom. The molecule has 1 aromatic rings. The van der Waals surface area contributed by atoms with Gasteiger partial charge in [0.25, 0.3) is 0 Å². The molecule has 0 amide bonds. The molecule has 1 heterocycles. The molecule has 0 radical (unpaired) electrons. The number of unbranched alkanes of at least 4 members (excludes halogenated alkanes) is 1. The Kier molecular flexibility index (Phi) is 3.21. The van der Waals surface area contributed by atoms with Gasteiger partial charge in [-0.25, -0.2) is 4.98 Å². The predicted molar refractivity (Wildman–Crippen MR) is 46.0 cm³/mol. The molecule has 0 unspecified atom stereocenters. The lowest BCUT2D eigenvalue weighted by molar-refractivity contribution is 0.983. The van der Waals surface area contributed by atoms with Crippen LogP contribution in [0.1, 0.15) is 25.5 Å². The average molecular weight is 145 g/mol. The third-order valence-corrected chi connectivity index (χ3v) is 1.26. The minimum absolute atomic E-state index is 0.862. The minimum Gasteiger partial charge on any atom is -0.248 e. The predicted octanol–water partition coefficient (Wildman–Crippen LogP) is 2.23. The van der Waals surface area contributed by atoms with E-state index < -0.39 is 0 Å². The third kappa shape index (κ3) is 2.86. The molecule has 1 aromatic heterocycles. The zero-order valence-electron chi connectivity index (χ0n) is 6.67. The highest BCUT2D eigenvalue weighted by Gasteiger charge is 1.80. The fourth-order valence-electron chi connectivity index (χ4n) is 0.715. The van der Waals surface area contributed by atoms with Gasteiger partial charge in [-0.3, -0.25) is 0 Å². The van der Waals surface area contributed by atoms with E-state index >= 15 is 0 Å². The standard InChI is InChI=1S/C10H11N/c1-2-3-4-7-10-8-5-6-9-11-10/h5-6,8-9H,2-3H2,1H3. The summed E-state index contributed by atoms with van der Waals surface area (Å²) in [6, 6.07) is 5.76. The summed E-state index contributed by atoms with van der Waals surface area (Å²) in [5, 5.41) is 0. The monoisotopic (exact) mass is 145 g/mol. The van der Waals surface area contributed by atoms with Crippen molar-refractivity contribution in [3.05, 3.63) is 30.1 Å². The van der Waals surface area contributed by atoms with E-state index in [1.165, 1.54) is 0 Å². The van der Waals surface area contributed by atoms with E-state index in [2.05, 4.69) is 23.7 Å². The van der Waals surface area contributed by atoms with Gasteiger partial charge >= 0.3 is 0 Å². The van der Waals surface area contributed by atoms with Gasteiger partial charge in [-0.2, -0.15) is 0 Å². The second kappa shape index (κ2) is 4.51. The van der Waals surface area contributed by atoms with Crippen LogP contribution in [0.5, 0.6) is 0 Å². The SMILES string of the molecule is CCCC#Cc1ccccn1. The molecule has 0 N–H and O–H groups in total. The van der Waals surface area contributed by atoms with Crippen molar-refractivity contribution in [2.75, 3.05) is 0 Å². The molecule has 0 bridgehead atoms. The van der Waals surface area contributed by atoms with E-state index in [-0.39, 0.29) is 0 Å². The van der Waals surface area contributed by atoms with Crippen molar-refractivity contribution in [1.29, 1.82) is 0 Å². The summed E-state index contributed by atoms with van der Waals surface area (Å²) in [4.78, 5) is 4.08. The second-order valence-electron chi connectivity index (χ2n) is 2.27. The van der Waals surface area contributed by atoms with Crippen LogP contribution in [-0.4, -0.2) is 4.98 Å². The smallest absolute Gasteiger partial charge is 0.113 e. The molecule has 0 aliphatic heterocycles. The van der Waals surface area contributed by atoms with E-state index in [9.17, 15) is 0 Å². The van der Waals surface area contributed by atoms with Crippen LogP contribution in [-0.2, 0) is 0 Å². The van der Waals surface area contributed by atoms with Gasteiger partial charge in [-0.05, 0) is 24.5 Å². The Bertz CT molecular complexity index is 253. The van der Waals surface area contributed by atoms with Gasteiger partial charge in [-0.1, -0.05) is 18.9 Å². The summed E-state index contributed by atoms with van der Waals surface area (Å²) < 4.78 is 0. The lowest BCUT2D eigenvalue weighted by Gasteiger charge is -1.84. The van der Waals surface area contributed by atoms with E-state index in [4.69, 9.17) is 0 Å². The van der Waals surface area contributed by atoms with Crippen molar-refractivity contribution >= 4 is 0 Å². The number of nitrogens with zero attached hydrogens (tertiary/aromatic N) is 1. The van der Waals surface area contributed by atoms with Crippen molar-refractivity contribution in [1.82, 2.24) is 4.98 Å². The molecular weight excluding hydrogens is 134 g/mol. The maximum atomic E-state index is 4.08. The first-order valence-electron chi connectivity index (χ1n) is 3.83. The van der Waals surface area contributed by atoms with E-state index in [0.29, 0.717) is 0 Å². The van der Waals surface area contributed by atoms with E-state index in [1.54, 1.807) is 6.20 Å². The van der Waals surface area contributed by atoms with Gasteiger partial charge in [-0.15, -0.1) is 0 Å². The van der Waals surface area contributed by atoms with Crippen LogP contribution in [0.2, 0.25) is 0 Å². The molecule has 0 fully saturated rings. The fourth-order valence-corrected chi connectivity index (χ4v) is 0.715. The minimum atomic E-state index is 0.862. The van der Waals surface area contributed by atoms with Crippen LogP contribution >= 0.6 is 0 Å². The molecule has 0 atom stereocenters. The van der Waals surface area contributed by atoms with Gasteiger partial charge < -0.3 is 0 Å². The van der Waals surface area contributed by atoms with Crippen molar-refractivity contribution in [3.8, 4) is 11.8 Å². The molecule has 0 saturated heterocycles. The highest BCUT2D eigenvalue weighted by molar-refractivity contribution is 5.26. The van der Waals surface area contributed by atoms with Gasteiger partial charge in [0, 0.05) is 12.6 Å². The summed E-state index contributed by atoms with van der Waals surface area (Å²) in [6.07, 6.45) is 3.83. The van der Waals surface area contributed by atoms with Crippen LogP contribution in [0.3, 0.4) is 0 Å². The highest BCUT2D eigenvalue weighted by Crippen LogP contribution is 1.90. The fraction of sp³-hybridized carbons (Fsp3) is 0.300. The first-order chi connectivity index (χ1) is 5.43. The molecule has 56 valence electrons. The molecular formula is C10H11N. The van der Waals surface area contributed by atoms with E-state index in [1.807, 2.05) is 18.2 Å². The average Bonchev–Trinajstić information content (AvgIpc) is 2.07. The lowest BCUT2D eigenvalue weighted by Crippen LogP contribution is -1.77. The van der Waals surface area contributed by atoms with Crippen LogP contribution < -0.4 is 0 Å². The number of hydrogen-bond acceptors (Lipinski definition) is 1. The van der Waals surface area contributed by atoms with Crippen LogP contribution in [0.25, 0.3) is 0 Å². The van der Waals surface area contributed by atoms with Gasteiger partial charge in [0.15, 0.2) is 0 Å². The first-order valence-corrected chi connectivity index (χ1v) is 3.83. The zero-order chi connectivity index (χ0) is 7.94. The van der Waals surface area contributed by atoms with E-state index in [0.717, 1.165) is 18.5 Å². The Morgan fingerprint density at radius 2 is 2.36 bits per heavy atom. The molecule has 0 aliphatic rings. The Morgan fingerprint density at radius 1 is 1.45 bits per heavy atom. The van der Waals surface area contributed by atoms with Crippen molar-refractivity contribution in [2.24, 2.45) is 0 Å². The molecule has 1 heteroatoms. The molecule has 0 aliphatic carbocycles. The second-order valence-corrected chi connectivity index (χ2v) is 2.27. The molecule has 11 heavy (non-hydrogen) atoms. The highest BCUT2D eigenvalue weighted by atomic mass is 14.6. The Hall–Kier alpha value is -1.29. The largest absolute Gasteiger partial charge is 0.248 e. The molecule has 1 nitrogen and oxygen atoms in total. The van der Waals surface area contributed by atoms with Gasteiger partial charge in [0.1, 0.15) is 5.69 Å². The van der Waals surface area contributed by atoms with Crippen LogP contribution in [0, 0.1) is 11.8 Å². The zero-order valence-corrected chi connectivity index (χ0v) is 6.67. The van der Waals surface area contributed by atoms with Crippen molar-refractivity contribution in [3.63, 3.8) is 0 Å². The summed E-state index contributed by atoms with van der Waals surface area (Å²) >= 11 is 0. The number of pyridine rings is 1. The number of hydrogen-bond donors (Lipinski definition) is 0. The molecule has 1 rings (SSSR count). The molecule has 0 spiro atoms. The molecule has 0 saturated carbocycles. The number of rotatable bonds is 1. The lowest BCUT2D eigenvalue weighted by atomic mass is 10.3. The normalized spacial score (nSPS) is 8.45. The summed E-state index contributed by atoms with van der Waals surface area (Å²) in [6.45, 7) is 2.12. The van der Waals surface area contributed by atoms with Gasteiger partial charge in [0.05, 0.1) is 0 Å². The van der Waals surface area contributed by atoms with Gasteiger partial charge in [0.2, 0.25) is 0 Å². The van der Waals surface area contributed by atoms with Crippen LogP contribution in [0.15, 0.2) is 24.4 Å². The third-order valence-electron chi connectivity index (χ3n) is 1.26. The molecule has 0 aromatic carbocycles. The Labute approximate surface area is 67.5 Å². The summed E-state index contributed by atoms with van der Waals surface area (Å²) in [5.41, 5.74) is 0.862. The maximum absolute atomic E-state index is 4.08. The van der Waals surface area contributed by atoms with Crippen LogP contribution in [0.4, 0.5) is 0 Å². The van der Waals surface area contributed by atoms with Crippen molar-refractivity contribution in [2.45, 2.75) is 19.8 Å². The number of aromatic nitrogens is 1.